The summed E-state index contributed by atoms with van der Waals surface area (Å²) < 4.78 is 16.4. The van der Waals surface area contributed by atoms with Crippen LogP contribution in [0.15, 0.2) is 36.4 Å². The average Bonchev–Trinajstić information content (AvgIpc) is 3.47. The van der Waals surface area contributed by atoms with Crippen LogP contribution < -0.4 is 14.8 Å². The van der Waals surface area contributed by atoms with Crippen molar-refractivity contribution >= 4 is 35.2 Å². The SMILES string of the molecule is Cc1cccc(NC(=O)CN(CC2CCCO2)C(=O)C=Cc2cc(Cl)c3c(c2)OCO3)c1C. The van der Waals surface area contributed by atoms with Gasteiger partial charge in [0, 0.05) is 24.9 Å². The summed E-state index contributed by atoms with van der Waals surface area (Å²) in [5.74, 6) is 0.506. The van der Waals surface area contributed by atoms with Crippen molar-refractivity contribution in [3.05, 3.63) is 58.1 Å². The van der Waals surface area contributed by atoms with E-state index in [1.807, 2.05) is 32.0 Å². The normalized spacial score (nSPS) is 16.9. The van der Waals surface area contributed by atoms with Crippen molar-refractivity contribution in [3.8, 4) is 11.5 Å². The van der Waals surface area contributed by atoms with E-state index in [2.05, 4.69) is 5.32 Å². The molecule has 0 spiro atoms. The largest absolute Gasteiger partial charge is 0.454 e. The summed E-state index contributed by atoms with van der Waals surface area (Å²) in [6.07, 6.45) is 4.84. The number of hydrogen-bond acceptors (Lipinski definition) is 5. The number of benzene rings is 2. The van der Waals surface area contributed by atoms with Gasteiger partial charge in [-0.05, 0) is 67.7 Å². The Morgan fingerprint density at radius 3 is 2.88 bits per heavy atom. The lowest BCUT2D eigenvalue weighted by atomic mass is 10.1. The quantitative estimate of drug-likeness (QED) is 0.609. The van der Waals surface area contributed by atoms with E-state index in [0.717, 1.165) is 29.7 Å². The van der Waals surface area contributed by atoms with E-state index in [1.165, 1.54) is 11.0 Å². The summed E-state index contributed by atoms with van der Waals surface area (Å²) in [6.45, 7) is 5.02. The maximum atomic E-state index is 13.0. The maximum Gasteiger partial charge on any atom is 0.247 e. The summed E-state index contributed by atoms with van der Waals surface area (Å²) in [4.78, 5) is 27.4. The van der Waals surface area contributed by atoms with Crippen molar-refractivity contribution < 1.29 is 23.8 Å². The van der Waals surface area contributed by atoms with Crippen LogP contribution >= 0.6 is 11.6 Å². The summed E-state index contributed by atoms with van der Waals surface area (Å²) in [7, 11) is 0. The van der Waals surface area contributed by atoms with Gasteiger partial charge in [0.15, 0.2) is 11.5 Å². The topological polar surface area (TPSA) is 77.1 Å². The Hall–Kier alpha value is -3.03. The van der Waals surface area contributed by atoms with Gasteiger partial charge in [-0.25, -0.2) is 0 Å². The van der Waals surface area contributed by atoms with Crippen molar-refractivity contribution in [2.24, 2.45) is 0 Å². The number of carbonyl (C=O) groups excluding carboxylic acids is 2. The van der Waals surface area contributed by atoms with E-state index >= 15 is 0 Å². The molecule has 174 valence electrons. The molecular weight excluding hydrogens is 444 g/mol. The van der Waals surface area contributed by atoms with Crippen LogP contribution in [0.5, 0.6) is 11.5 Å². The lowest BCUT2D eigenvalue weighted by molar-refractivity contribution is -0.131. The average molecular weight is 471 g/mol. The zero-order chi connectivity index (χ0) is 23.4. The molecular formula is C25H27ClN2O5. The van der Waals surface area contributed by atoms with Crippen LogP contribution in [0, 0.1) is 13.8 Å². The van der Waals surface area contributed by atoms with Gasteiger partial charge in [-0.1, -0.05) is 23.7 Å². The number of hydrogen-bond donors (Lipinski definition) is 1. The molecule has 2 aromatic rings. The minimum atomic E-state index is -0.282. The van der Waals surface area contributed by atoms with Gasteiger partial charge in [-0.15, -0.1) is 0 Å². The lowest BCUT2D eigenvalue weighted by Crippen LogP contribution is -2.41. The van der Waals surface area contributed by atoms with Crippen molar-refractivity contribution in [1.82, 2.24) is 4.90 Å². The molecule has 4 rings (SSSR count). The highest BCUT2D eigenvalue weighted by atomic mass is 35.5. The predicted molar refractivity (Wildman–Crippen MR) is 127 cm³/mol. The number of amides is 2. The molecule has 1 saturated heterocycles. The Morgan fingerprint density at radius 2 is 2.09 bits per heavy atom. The minimum absolute atomic E-state index is 0.0711. The molecule has 1 atom stereocenters. The van der Waals surface area contributed by atoms with Crippen LogP contribution in [-0.2, 0) is 14.3 Å². The highest BCUT2D eigenvalue weighted by Gasteiger charge is 2.24. The number of fused-ring (bicyclic) bond motifs is 1. The van der Waals surface area contributed by atoms with Crippen molar-refractivity contribution in [2.75, 3.05) is 31.8 Å². The van der Waals surface area contributed by atoms with Gasteiger partial charge in [0.05, 0.1) is 11.1 Å². The molecule has 0 aliphatic carbocycles. The number of anilines is 1. The van der Waals surface area contributed by atoms with Crippen molar-refractivity contribution in [1.29, 1.82) is 0 Å². The molecule has 0 bridgehead atoms. The fourth-order valence-electron chi connectivity index (χ4n) is 3.87. The van der Waals surface area contributed by atoms with Gasteiger partial charge < -0.3 is 24.4 Å². The Labute approximate surface area is 198 Å². The van der Waals surface area contributed by atoms with Crippen LogP contribution in [0.25, 0.3) is 6.08 Å². The fraction of sp³-hybridized carbons (Fsp3) is 0.360. The van der Waals surface area contributed by atoms with Crippen LogP contribution in [0.2, 0.25) is 5.02 Å². The molecule has 2 aliphatic rings. The molecule has 0 saturated carbocycles. The first-order valence-corrected chi connectivity index (χ1v) is 11.3. The summed E-state index contributed by atoms with van der Waals surface area (Å²) in [6, 6.07) is 9.21. The molecule has 1 fully saturated rings. The predicted octanol–water partition coefficient (Wildman–Crippen LogP) is 4.35. The second kappa shape index (κ2) is 10.3. The van der Waals surface area contributed by atoms with Crippen LogP contribution in [-0.4, -0.2) is 49.3 Å². The first-order valence-electron chi connectivity index (χ1n) is 10.9. The van der Waals surface area contributed by atoms with Gasteiger partial charge in [0.1, 0.15) is 6.54 Å². The first kappa shape index (κ1) is 23.1. The minimum Gasteiger partial charge on any atom is -0.454 e. The number of ether oxygens (including phenoxy) is 3. The standard InChI is InChI=1S/C25H27ClN2O5/c1-16-5-3-7-21(17(16)2)27-23(29)14-28(13-19-6-4-10-31-19)24(30)9-8-18-11-20(26)25-22(12-18)32-15-33-25/h3,5,7-9,11-12,19H,4,6,10,13-15H2,1-2H3,(H,27,29). The fourth-order valence-corrected chi connectivity index (χ4v) is 4.15. The Kier molecular flexibility index (Phi) is 7.20. The van der Waals surface area contributed by atoms with Gasteiger partial charge in [-0.2, -0.15) is 0 Å². The highest BCUT2D eigenvalue weighted by molar-refractivity contribution is 6.32. The molecule has 2 amide bonds. The number of rotatable bonds is 7. The zero-order valence-corrected chi connectivity index (χ0v) is 19.5. The molecule has 1 N–H and O–H groups in total. The van der Waals surface area contributed by atoms with Crippen LogP contribution in [0.3, 0.4) is 0 Å². The Morgan fingerprint density at radius 1 is 1.24 bits per heavy atom. The van der Waals surface area contributed by atoms with Gasteiger partial charge in [-0.3, -0.25) is 9.59 Å². The number of nitrogens with zero attached hydrogens (tertiary/aromatic N) is 1. The summed E-state index contributed by atoms with van der Waals surface area (Å²) >= 11 is 6.23. The molecule has 8 heteroatoms. The number of halogens is 1. The van der Waals surface area contributed by atoms with Crippen LogP contribution in [0.1, 0.15) is 29.5 Å². The van der Waals surface area contributed by atoms with E-state index in [9.17, 15) is 9.59 Å². The molecule has 2 aliphatic heterocycles. The third-order valence-electron chi connectivity index (χ3n) is 5.84. The monoisotopic (exact) mass is 470 g/mol. The third kappa shape index (κ3) is 5.67. The molecule has 2 heterocycles. The number of carbonyl (C=O) groups is 2. The van der Waals surface area contributed by atoms with E-state index in [-0.39, 0.29) is 31.3 Å². The summed E-state index contributed by atoms with van der Waals surface area (Å²) in [5, 5.41) is 3.34. The second-order valence-corrected chi connectivity index (χ2v) is 8.63. The van der Waals surface area contributed by atoms with E-state index in [4.69, 9.17) is 25.8 Å². The smallest absolute Gasteiger partial charge is 0.247 e. The van der Waals surface area contributed by atoms with Gasteiger partial charge in [0.25, 0.3) is 0 Å². The molecule has 1 unspecified atom stereocenters. The van der Waals surface area contributed by atoms with Crippen molar-refractivity contribution in [2.45, 2.75) is 32.8 Å². The van der Waals surface area contributed by atoms with Crippen LogP contribution in [0.4, 0.5) is 5.69 Å². The highest BCUT2D eigenvalue weighted by Crippen LogP contribution is 2.40. The van der Waals surface area contributed by atoms with E-state index < -0.39 is 0 Å². The van der Waals surface area contributed by atoms with Gasteiger partial charge in [0.2, 0.25) is 18.6 Å². The third-order valence-corrected chi connectivity index (χ3v) is 6.12. The lowest BCUT2D eigenvalue weighted by Gasteiger charge is -2.24. The molecule has 0 aromatic heterocycles. The second-order valence-electron chi connectivity index (χ2n) is 8.22. The zero-order valence-electron chi connectivity index (χ0n) is 18.7. The molecule has 2 aromatic carbocycles. The summed E-state index contributed by atoms with van der Waals surface area (Å²) in [5.41, 5.74) is 3.54. The van der Waals surface area contributed by atoms with Gasteiger partial charge >= 0.3 is 0 Å². The number of aryl methyl sites for hydroxylation is 1. The molecule has 33 heavy (non-hydrogen) atoms. The van der Waals surface area contributed by atoms with Crippen molar-refractivity contribution in [3.63, 3.8) is 0 Å². The maximum absolute atomic E-state index is 13.0. The Balaban J connectivity index is 1.47. The Bertz CT molecular complexity index is 1080. The first-order chi connectivity index (χ1) is 15.9. The molecule has 0 radical (unpaired) electrons. The molecule has 7 nitrogen and oxygen atoms in total. The van der Waals surface area contributed by atoms with E-state index in [0.29, 0.717) is 35.2 Å². The number of nitrogens with one attached hydrogen (secondary N) is 1. The van der Waals surface area contributed by atoms with E-state index in [1.54, 1.807) is 18.2 Å².